The van der Waals surface area contributed by atoms with Crippen molar-refractivity contribution in [1.29, 1.82) is 5.26 Å². The van der Waals surface area contributed by atoms with E-state index in [1.807, 2.05) is 25.3 Å². The van der Waals surface area contributed by atoms with Gasteiger partial charge in [-0.2, -0.15) is 5.26 Å². The van der Waals surface area contributed by atoms with Gasteiger partial charge in [0.2, 0.25) is 5.91 Å². The number of aromatic nitrogens is 1. The zero-order valence-corrected chi connectivity index (χ0v) is 10.4. The Morgan fingerprint density at radius 2 is 2.38 bits per heavy atom. The molecular formula is C11H15N3OS. The molecule has 0 fully saturated rings. The minimum absolute atomic E-state index is 0.0306. The third kappa shape index (κ3) is 3.31. The molecule has 16 heavy (non-hydrogen) atoms. The largest absolute Gasteiger partial charge is 0.329 e. The van der Waals surface area contributed by atoms with Crippen molar-refractivity contribution >= 4 is 17.2 Å². The molecule has 0 aliphatic rings. The van der Waals surface area contributed by atoms with Crippen LogP contribution in [0.5, 0.6) is 0 Å². The van der Waals surface area contributed by atoms with E-state index in [0.717, 1.165) is 17.1 Å². The van der Waals surface area contributed by atoms with Gasteiger partial charge in [-0.3, -0.25) is 4.79 Å². The number of hydrogen-bond donors (Lipinski definition) is 0. The van der Waals surface area contributed by atoms with Crippen molar-refractivity contribution in [3.8, 4) is 6.07 Å². The van der Waals surface area contributed by atoms with Crippen LogP contribution in [0.15, 0.2) is 5.38 Å². The van der Waals surface area contributed by atoms with E-state index in [4.69, 9.17) is 5.26 Å². The second-order valence-electron chi connectivity index (χ2n) is 3.33. The summed E-state index contributed by atoms with van der Waals surface area (Å²) in [5, 5.41) is 11.5. The molecule has 0 aromatic carbocycles. The number of carbonyl (C=O) groups is 1. The van der Waals surface area contributed by atoms with Gasteiger partial charge < -0.3 is 4.90 Å². The first-order valence-electron chi connectivity index (χ1n) is 5.29. The van der Waals surface area contributed by atoms with Crippen molar-refractivity contribution < 1.29 is 4.79 Å². The van der Waals surface area contributed by atoms with Gasteiger partial charge in [-0.1, -0.05) is 6.92 Å². The van der Waals surface area contributed by atoms with Gasteiger partial charge in [0.15, 0.2) is 0 Å². The molecule has 1 heterocycles. The molecule has 0 N–H and O–H groups in total. The Morgan fingerprint density at radius 1 is 1.62 bits per heavy atom. The summed E-state index contributed by atoms with van der Waals surface area (Å²) in [7, 11) is 0. The highest BCUT2D eigenvalue weighted by molar-refractivity contribution is 7.09. The summed E-state index contributed by atoms with van der Waals surface area (Å²) in [5.41, 5.74) is 0.809. The lowest BCUT2D eigenvalue weighted by Gasteiger charge is -2.16. The average molecular weight is 237 g/mol. The molecule has 1 aromatic rings. The Kier molecular flexibility index (Phi) is 4.93. The third-order valence-electron chi connectivity index (χ3n) is 2.23. The van der Waals surface area contributed by atoms with Gasteiger partial charge in [0.05, 0.1) is 23.2 Å². The van der Waals surface area contributed by atoms with E-state index >= 15 is 0 Å². The van der Waals surface area contributed by atoms with Crippen molar-refractivity contribution in [2.75, 3.05) is 13.1 Å². The molecule has 0 radical (unpaired) electrons. The van der Waals surface area contributed by atoms with Crippen LogP contribution in [0.2, 0.25) is 0 Å². The van der Waals surface area contributed by atoms with Gasteiger partial charge in [0.25, 0.3) is 0 Å². The fourth-order valence-electron chi connectivity index (χ4n) is 1.32. The highest BCUT2D eigenvalue weighted by atomic mass is 32.1. The molecule has 1 amide bonds. The van der Waals surface area contributed by atoms with Crippen LogP contribution in [0, 0.1) is 11.3 Å². The monoisotopic (exact) mass is 237 g/mol. The molecule has 0 saturated heterocycles. The summed E-state index contributed by atoms with van der Waals surface area (Å²) in [4.78, 5) is 17.6. The first kappa shape index (κ1) is 12.7. The SMILES string of the molecule is CCc1nc(CC(=O)N(CC)CC#N)cs1. The van der Waals surface area contributed by atoms with Crippen LogP contribution in [0.1, 0.15) is 24.5 Å². The summed E-state index contributed by atoms with van der Waals surface area (Å²) >= 11 is 1.58. The molecule has 0 aliphatic heterocycles. The predicted octanol–water partition coefficient (Wildman–Crippen LogP) is 1.62. The number of amides is 1. The molecule has 0 saturated carbocycles. The topological polar surface area (TPSA) is 57.0 Å². The van der Waals surface area contributed by atoms with Gasteiger partial charge >= 0.3 is 0 Å². The first-order valence-corrected chi connectivity index (χ1v) is 6.17. The highest BCUT2D eigenvalue weighted by Gasteiger charge is 2.13. The van der Waals surface area contributed by atoms with E-state index in [2.05, 4.69) is 4.98 Å². The Morgan fingerprint density at radius 3 is 2.88 bits per heavy atom. The lowest BCUT2D eigenvalue weighted by Crippen LogP contribution is -2.32. The fourth-order valence-corrected chi connectivity index (χ4v) is 2.07. The summed E-state index contributed by atoms with van der Waals surface area (Å²) in [6, 6.07) is 1.99. The van der Waals surface area contributed by atoms with Gasteiger partial charge in [-0.25, -0.2) is 4.98 Å². The summed E-state index contributed by atoms with van der Waals surface area (Å²) in [6.45, 7) is 4.63. The maximum absolute atomic E-state index is 11.8. The minimum atomic E-state index is -0.0306. The Balaban J connectivity index is 2.59. The second kappa shape index (κ2) is 6.23. The van der Waals surface area contributed by atoms with Crippen LogP contribution < -0.4 is 0 Å². The van der Waals surface area contributed by atoms with E-state index in [0.29, 0.717) is 13.0 Å². The van der Waals surface area contributed by atoms with E-state index in [-0.39, 0.29) is 12.5 Å². The third-order valence-corrected chi connectivity index (χ3v) is 3.27. The lowest BCUT2D eigenvalue weighted by atomic mass is 10.3. The van der Waals surface area contributed by atoms with E-state index < -0.39 is 0 Å². The van der Waals surface area contributed by atoms with Crippen LogP contribution in [0.4, 0.5) is 0 Å². The average Bonchev–Trinajstić information content (AvgIpc) is 2.73. The van der Waals surface area contributed by atoms with Crippen molar-refractivity contribution in [2.45, 2.75) is 26.7 Å². The van der Waals surface area contributed by atoms with Gasteiger partial charge in [0.1, 0.15) is 6.54 Å². The summed E-state index contributed by atoms with van der Waals surface area (Å²) in [5.74, 6) is -0.0306. The Bertz CT molecular complexity index is 394. The summed E-state index contributed by atoms with van der Waals surface area (Å²) < 4.78 is 0. The number of rotatable bonds is 5. The quantitative estimate of drug-likeness (QED) is 0.731. The zero-order valence-electron chi connectivity index (χ0n) is 9.56. The Labute approximate surface area is 99.5 Å². The van der Waals surface area contributed by atoms with Gasteiger partial charge in [-0.05, 0) is 13.3 Å². The first-order chi connectivity index (χ1) is 7.71. The normalized spacial score (nSPS) is 9.81. The van der Waals surface area contributed by atoms with Crippen LogP contribution >= 0.6 is 11.3 Å². The molecule has 0 bridgehead atoms. The Hall–Kier alpha value is -1.41. The van der Waals surface area contributed by atoms with E-state index in [1.165, 1.54) is 4.90 Å². The minimum Gasteiger partial charge on any atom is -0.329 e. The molecule has 0 atom stereocenters. The van der Waals surface area contributed by atoms with Crippen LogP contribution in [0.3, 0.4) is 0 Å². The molecule has 86 valence electrons. The lowest BCUT2D eigenvalue weighted by molar-refractivity contribution is -0.129. The van der Waals surface area contributed by atoms with Crippen LogP contribution in [-0.4, -0.2) is 28.9 Å². The van der Waals surface area contributed by atoms with Crippen molar-refractivity contribution in [3.63, 3.8) is 0 Å². The molecule has 0 spiro atoms. The number of nitriles is 1. The number of hydrogen-bond acceptors (Lipinski definition) is 4. The molecular weight excluding hydrogens is 222 g/mol. The van der Waals surface area contributed by atoms with Crippen molar-refractivity contribution in [1.82, 2.24) is 9.88 Å². The van der Waals surface area contributed by atoms with Crippen molar-refractivity contribution in [2.24, 2.45) is 0 Å². The molecule has 0 aliphatic carbocycles. The molecule has 5 heteroatoms. The molecule has 4 nitrogen and oxygen atoms in total. The highest BCUT2D eigenvalue weighted by Crippen LogP contribution is 2.11. The van der Waals surface area contributed by atoms with E-state index in [9.17, 15) is 4.79 Å². The molecule has 1 rings (SSSR count). The maximum Gasteiger partial charge on any atom is 0.229 e. The number of thiazole rings is 1. The van der Waals surface area contributed by atoms with Crippen LogP contribution in [-0.2, 0) is 17.6 Å². The number of aryl methyl sites for hydroxylation is 1. The van der Waals surface area contributed by atoms with Crippen LogP contribution in [0.25, 0.3) is 0 Å². The smallest absolute Gasteiger partial charge is 0.229 e. The van der Waals surface area contributed by atoms with Gasteiger partial charge in [-0.15, -0.1) is 11.3 Å². The summed E-state index contributed by atoms with van der Waals surface area (Å²) in [6.07, 6.45) is 1.20. The van der Waals surface area contributed by atoms with Crippen molar-refractivity contribution in [3.05, 3.63) is 16.1 Å². The number of likely N-dealkylation sites (N-methyl/N-ethyl adjacent to an activating group) is 1. The maximum atomic E-state index is 11.8. The standard InChI is InChI=1S/C11H15N3OS/c1-3-10-13-9(8-16-10)7-11(15)14(4-2)6-5-12/h8H,3-4,6-7H2,1-2H3. The number of carbonyl (C=O) groups excluding carboxylic acids is 1. The predicted molar refractivity (Wildman–Crippen MR) is 63.1 cm³/mol. The fraction of sp³-hybridized carbons (Fsp3) is 0.545. The van der Waals surface area contributed by atoms with Gasteiger partial charge in [0, 0.05) is 11.9 Å². The zero-order chi connectivity index (χ0) is 12.0. The number of nitrogens with zero attached hydrogens (tertiary/aromatic N) is 3. The molecule has 0 unspecified atom stereocenters. The second-order valence-corrected chi connectivity index (χ2v) is 4.27. The molecule has 1 aromatic heterocycles. The van der Waals surface area contributed by atoms with E-state index in [1.54, 1.807) is 11.3 Å².